The summed E-state index contributed by atoms with van der Waals surface area (Å²) in [6.45, 7) is 0. The highest BCUT2D eigenvalue weighted by Gasteiger charge is 2.05. The molecule has 0 fully saturated rings. The second kappa shape index (κ2) is 6.06. The Balaban J connectivity index is 2.17. The third-order valence-electron chi connectivity index (χ3n) is 2.25. The van der Waals surface area contributed by atoms with E-state index in [1.165, 1.54) is 4.90 Å². The predicted octanol–water partition coefficient (Wildman–Crippen LogP) is 3.71. The van der Waals surface area contributed by atoms with E-state index < -0.39 is 0 Å². The SMILES string of the molecule is COc1nc(Nc2ccc(SC)cc2)ncc1Br. The van der Waals surface area contributed by atoms with E-state index in [2.05, 4.69) is 31.2 Å². The lowest BCUT2D eigenvalue weighted by molar-refractivity contribution is 0.394. The van der Waals surface area contributed by atoms with E-state index in [1.54, 1.807) is 25.1 Å². The molecule has 0 bridgehead atoms. The zero-order valence-electron chi connectivity index (χ0n) is 9.98. The fourth-order valence-electron chi connectivity index (χ4n) is 1.36. The van der Waals surface area contributed by atoms with Crippen LogP contribution < -0.4 is 10.1 Å². The van der Waals surface area contributed by atoms with Gasteiger partial charge in [-0.1, -0.05) is 0 Å². The van der Waals surface area contributed by atoms with Crippen molar-refractivity contribution < 1.29 is 4.74 Å². The van der Waals surface area contributed by atoms with Crippen LogP contribution in [-0.4, -0.2) is 23.3 Å². The van der Waals surface area contributed by atoms with E-state index in [1.807, 2.05) is 30.5 Å². The summed E-state index contributed by atoms with van der Waals surface area (Å²) < 4.78 is 5.85. The number of nitrogens with one attached hydrogen (secondary N) is 1. The van der Waals surface area contributed by atoms with Crippen LogP contribution in [0.25, 0.3) is 0 Å². The Morgan fingerprint density at radius 2 is 2.00 bits per heavy atom. The molecule has 1 heterocycles. The lowest BCUT2D eigenvalue weighted by Gasteiger charge is -2.07. The van der Waals surface area contributed by atoms with Crippen LogP contribution in [0.5, 0.6) is 5.88 Å². The van der Waals surface area contributed by atoms with Gasteiger partial charge in [0, 0.05) is 10.6 Å². The minimum Gasteiger partial charge on any atom is -0.480 e. The highest BCUT2D eigenvalue weighted by Crippen LogP contribution is 2.24. The van der Waals surface area contributed by atoms with E-state index in [0.29, 0.717) is 11.8 Å². The molecule has 0 atom stereocenters. The summed E-state index contributed by atoms with van der Waals surface area (Å²) in [5, 5.41) is 3.12. The quantitative estimate of drug-likeness (QED) is 0.868. The average molecular weight is 326 g/mol. The third kappa shape index (κ3) is 3.14. The Bertz CT molecular complexity index is 533. The van der Waals surface area contributed by atoms with E-state index >= 15 is 0 Å². The number of thioether (sulfide) groups is 1. The van der Waals surface area contributed by atoms with E-state index in [9.17, 15) is 0 Å². The molecule has 0 saturated heterocycles. The zero-order chi connectivity index (χ0) is 13.0. The molecule has 0 aliphatic heterocycles. The van der Waals surface area contributed by atoms with Crippen LogP contribution in [0.4, 0.5) is 11.6 Å². The molecule has 2 rings (SSSR count). The highest BCUT2D eigenvalue weighted by molar-refractivity contribution is 9.10. The molecule has 94 valence electrons. The van der Waals surface area contributed by atoms with Gasteiger partial charge in [-0.05, 0) is 46.5 Å². The van der Waals surface area contributed by atoms with Crippen molar-refractivity contribution in [2.24, 2.45) is 0 Å². The number of hydrogen-bond donors (Lipinski definition) is 1. The zero-order valence-corrected chi connectivity index (χ0v) is 12.4. The molecule has 2 aromatic rings. The molecule has 1 aromatic carbocycles. The van der Waals surface area contributed by atoms with Crippen molar-refractivity contribution in [1.29, 1.82) is 0 Å². The molecule has 18 heavy (non-hydrogen) atoms. The summed E-state index contributed by atoms with van der Waals surface area (Å²) in [7, 11) is 1.57. The number of nitrogens with zero attached hydrogens (tertiary/aromatic N) is 2. The molecule has 0 unspecified atom stereocenters. The number of rotatable bonds is 4. The van der Waals surface area contributed by atoms with Gasteiger partial charge in [0.1, 0.15) is 0 Å². The second-order valence-electron chi connectivity index (χ2n) is 3.40. The maximum atomic E-state index is 5.12. The second-order valence-corrected chi connectivity index (χ2v) is 5.14. The van der Waals surface area contributed by atoms with Crippen molar-refractivity contribution in [2.45, 2.75) is 4.90 Å². The van der Waals surface area contributed by atoms with Crippen LogP contribution in [0.2, 0.25) is 0 Å². The maximum Gasteiger partial charge on any atom is 0.232 e. The van der Waals surface area contributed by atoms with Gasteiger partial charge in [-0.25, -0.2) is 4.98 Å². The Kier molecular flexibility index (Phi) is 4.43. The molecule has 4 nitrogen and oxygen atoms in total. The van der Waals surface area contributed by atoms with E-state index in [-0.39, 0.29) is 0 Å². The summed E-state index contributed by atoms with van der Waals surface area (Å²) in [5.74, 6) is 1.01. The first-order valence-electron chi connectivity index (χ1n) is 5.20. The standard InChI is InChI=1S/C12H12BrN3OS/c1-17-11-10(13)7-14-12(16-11)15-8-3-5-9(18-2)6-4-8/h3-7H,1-2H3,(H,14,15,16). The number of hydrogen-bond acceptors (Lipinski definition) is 5. The van der Waals surface area contributed by atoms with Gasteiger partial charge in [-0.3, -0.25) is 0 Å². The first kappa shape index (κ1) is 13.2. The molecule has 6 heteroatoms. The van der Waals surface area contributed by atoms with Crippen molar-refractivity contribution in [3.8, 4) is 5.88 Å². The van der Waals surface area contributed by atoms with Crippen LogP contribution in [0.3, 0.4) is 0 Å². The van der Waals surface area contributed by atoms with Gasteiger partial charge in [-0.15, -0.1) is 11.8 Å². The molecule has 0 amide bonds. The Morgan fingerprint density at radius 3 is 2.61 bits per heavy atom. The molecule has 0 spiro atoms. The molecule has 1 aromatic heterocycles. The van der Waals surface area contributed by atoms with Crippen molar-refractivity contribution in [2.75, 3.05) is 18.7 Å². The fraction of sp³-hybridized carbons (Fsp3) is 0.167. The number of methoxy groups -OCH3 is 1. The molecule has 0 radical (unpaired) electrons. The van der Waals surface area contributed by atoms with Crippen molar-refractivity contribution in [3.63, 3.8) is 0 Å². The van der Waals surface area contributed by atoms with Gasteiger partial charge >= 0.3 is 0 Å². The number of anilines is 2. The van der Waals surface area contributed by atoms with E-state index in [0.717, 1.165) is 10.2 Å². The molecule has 0 saturated carbocycles. The van der Waals surface area contributed by atoms with Crippen molar-refractivity contribution in [1.82, 2.24) is 9.97 Å². The van der Waals surface area contributed by atoms with Gasteiger partial charge < -0.3 is 10.1 Å². The highest BCUT2D eigenvalue weighted by atomic mass is 79.9. The van der Waals surface area contributed by atoms with Crippen molar-refractivity contribution in [3.05, 3.63) is 34.9 Å². The average Bonchev–Trinajstić information content (AvgIpc) is 2.42. The summed E-state index contributed by atoms with van der Waals surface area (Å²) in [6.07, 6.45) is 3.70. The van der Waals surface area contributed by atoms with Crippen molar-refractivity contribution >= 4 is 39.3 Å². The van der Waals surface area contributed by atoms with Crippen LogP contribution in [0, 0.1) is 0 Å². The van der Waals surface area contributed by atoms with Gasteiger partial charge in [-0.2, -0.15) is 4.98 Å². The van der Waals surface area contributed by atoms with Crippen LogP contribution in [0.15, 0.2) is 39.8 Å². The summed E-state index contributed by atoms with van der Waals surface area (Å²) in [6, 6.07) is 8.07. The summed E-state index contributed by atoms with van der Waals surface area (Å²) >= 11 is 5.02. The lowest BCUT2D eigenvalue weighted by Crippen LogP contribution is -1.99. The molecule has 0 aliphatic carbocycles. The van der Waals surface area contributed by atoms with Crippen LogP contribution in [-0.2, 0) is 0 Å². The van der Waals surface area contributed by atoms with Gasteiger partial charge in [0.05, 0.1) is 17.8 Å². The Hall–Kier alpha value is -1.27. The minimum atomic E-state index is 0.506. The summed E-state index contributed by atoms with van der Waals surface area (Å²) in [5.41, 5.74) is 0.942. The Labute approximate surface area is 118 Å². The Morgan fingerprint density at radius 1 is 1.28 bits per heavy atom. The monoisotopic (exact) mass is 325 g/mol. The smallest absolute Gasteiger partial charge is 0.232 e. The maximum absolute atomic E-state index is 5.12. The van der Waals surface area contributed by atoms with Gasteiger partial charge in [0.2, 0.25) is 11.8 Å². The number of aromatic nitrogens is 2. The largest absolute Gasteiger partial charge is 0.480 e. The minimum absolute atomic E-state index is 0.506. The topological polar surface area (TPSA) is 47.0 Å². The van der Waals surface area contributed by atoms with E-state index in [4.69, 9.17) is 4.74 Å². The van der Waals surface area contributed by atoms with Crippen LogP contribution >= 0.6 is 27.7 Å². The number of halogens is 1. The van der Waals surface area contributed by atoms with Crippen LogP contribution in [0.1, 0.15) is 0 Å². The van der Waals surface area contributed by atoms with Gasteiger partial charge in [0.15, 0.2) is 0 Å². The normalized spacial score (nSPS) is 10.2. The third-order valence-corrected chi connectivity index (χ3v) is 3.54. The molecular weight excluding hydrogens is 314 g/mol. The molecule has 1 N–H and O–H groups in total. The molecular formula is C12H12BrN3OS. The number of ether oxygens (including phenoxy) is 1. The summed E-state index contributed by atoms with van der Waals surface area (Å²) in [4.78, 5) is 9.62. The first-order valence-corrected chi connectivity index (χ1v) is 7.22. The fourth-order valence-corrected chi connectivity index (χ4v) is 2.12. The predicted molar refractivity (Wildman–Crippen MR) is 77.8 cm³/mol. The lowest BCUT2D eigenvalue weighted by atomic mass is 10.3. The number of benzene rings is 1. The molecule has 0 aliphatic rings. The first-order chi connectivity index (χ1) is 8.72. The van der Waals surface area contributed by atoms with Gasteiger partial charge in [0.25, 0.3) is 0 Å².